The highest BCUT2D eigenvalue weighted by Crippen LogP contribution is 2.26. The van der Waals surface area contributed by atoms with Crippen LogP contribution in [0.3, 0.4) is 0 Å². The third-order valence-corrected chi connectivity index (χ3v) is 6.99. The van der Waals surface area contributed by atoms with Gasteiger partial charge in [0.15, 0.2) is 0 Å². The highest BCUT2D eigenvalue weighted by Gasteiger charge is 2.34. The lowest BCUT2D eigenvalue weighted by molar-refractivity contribution is -0.0891. The van der Waals surface area contributed by atoms with Crippen molar-refractivity contribution in [2.24, 2.45) is 0 Å². The van der Waals surface area contributed by atoms with Crippen LogP contribution in [0.4, 0.5) is 0 Å². The molecule has 0 saturated carbocycles. The Balaban J connectivity index is 1.57. The van der Waals surface area contributed by atoms with Gasteiger partial charge in [0, 0.05) is 12.7 Å². The Hall–Kier alpha value is -1.52. The predicted molar refractivity (Wildman–Crippen MR) is 109 cm³/mol. The topological polar surface area (TPSA) is 106 Å². The van der Waals surface area contributed by atoms with Crippen molar-refractivity contribution in [2.75, 3.05) is 6.61 Å². The second-order valence-corrected chi connectivity index (χ2v) is 9.32. The first-order valence-corrected chi connectivity index (χ1v) is 11.7. The fraction of sp³-hybridized carbons (Fsp3) is 0.579. The molecule has 8 nitrogen and oxygen atoms in total. The first-order valence-electron chi connectivity index (χ1n) is 9.85. The first kappa shape index (κ1) is 22.2. The molecule has 1 aromatic heterocycles. The fourth-order valence-corrected chi connectivity index (χ4v) is 5.32. The average molecular weight is 443 g/mol. The lowest BCUT2D eigenvalue weighted by Gasteiger charge is -2.36. The zero-order chi connectivity index (χ0) is 20.9. The van der Waals surface area contributed by atoms with E-state index < -0.39 is 22.2 Å². The van der Waals surface area contributed by atoms with E-state index in [9.17, 15) is 13.5 Å². The number of aromatic nitrogens is 3. The Morgan fingerprint density at radius 2 is 2.14 bits per heavy atom. The summed E-state index contributed by atoms with van der Waals surface area (Å²) in [4.78, 5) is 0.0227. The Morgan fingerprint density at radius 3 is 2.86 bits per heavy atom. The van der Waals surface area contributed by atoms with Gasteiger partial charge in [-0.1, -0.05) is 42.3 Å². The number of aryl methyl sites for hydroxylation is 2. The largest absolute Gasteiger partial charge is 0.394 e. The highest BCUT2D eigenvalue weighted by atomic mass is 35.5. The van der Waals surface area contributed by atoms with Crippen LogP contribution in [0.2, 0.25) is 5.02 Å². The molecular formula is C19H27ClN4O4S. The van der Waals surface area contributed by atoms with Crippen LogP contribution >= 0.6 is 11.6 Å². The van der Waals surface area contributed by atoms with Crippen LogP contribution in [0.25, 0.3) is 0 Å². The predicted octanol–water partition coefficient (Wildman–Crippen LogP) is 2.16. The Morgan fingerprint density at radius 1 is 1.34 bits per heavy atom. The van der Waals surface area contributed by atoms with Crippen molar-refractivity contribution in [1.82, 2.24) is 19.7 Å². The highest BCUT2D eigenvalue weighted by molar-refractivity contribution is 7.89. The molecule has 29 heavy (non-hydrogen) atoms. The molecule has 3 rings (SSSR count). The zero-order valence-electron chi connectivity index (χ0n) is 16.4. The molecule has 2 aromatic rings. The van der Waals surface area contributed by atoms with Crippen molar-refractivity contribution in [3.63, 3.8) is 0 Å². The summed E-state index contributed by atoms with van der Waals surface area (Å²) in [5.74, 6) is 0. The van der Waals surface area contributed by atoms with E-state index in [1.807, 2.05) is 6.20 Å². The number of rotatable bonds is 9. The van der Waals surface area contributed by atoms with E-state index in [1.54, 1.807) is 16.8 Å². The van der Waals surface area contributed by atoms with Gasteiger partial charge >= 0.3 is 0 Å². The van der Waals surface area contributed by atoms with E-state index in [4.69, 9.17) is 16.3 Å². The van der Waals surface area contributed by atoms with Crippen LogP contribution in [-0.2, 0) is 27.7 Å². The quantitative estimate of drug-likeness (QED) is 0.616. The summed E-state index contributed by atoms with van der Waals surface area (Å²) < 4.78 is 35.8. The second-order valence-electron chi connectivity index (χ2n) is 7.23. The third kappa shape index (κ3) is 5.76. The Bertz CT molecular complexity index is 905. The van der Waals surface area contributed by atoms with E-state index in [1.165, 1.54) is 12.1 Å². The molecule has 1 aromatic carbocycles. The van der Waals surface area contributed by atoms with Crippen LogP contribution in [0.1, 0.15) is 38.3 Å². The van der Waals surface area contributed by atoms with Crippen molar-refractivity contribution in [3.05, 3.63) is 41.2 Å². The number of ether oxygens (including phenoxy) is 1. The van der Waals surface area contributed by atoms with Crippen LogP contribution in [0, 0.1) is 0 Å². The van der Waals surface area contributed by atoms with E-state index in [2.05, 4.69) is 22.0 Å². The molecule has 1 aliphatic rings. The summed E-state index contributed by atoms with van der Waals surface area (Å²) in [6, 6.07) is 5.76. The van der Waals surface area contributed by atoms with E-state index >= 15 is 0 Å². The maximum absolute atomic E-state index is 12.7. The van der Waals surface area contributed by atoms with Gasteiger partial charge in [-0.2, -0.15) is 0 Å². The number of hydrogen-bond donors (Lipinski definition) is 2. The minimum atomic E-state index is -3.80. The SMILES string of the molecule is CCCc1cn(CC[C@H]2CC[C@@H](NS(=O)(=O)c3ccccc3Cl)[C@@H](CO)O2)nn1. The number of aliphatic hydroxyl groups is 1. The third-order valence-electron chi connectivity index (χ3n) is 5.00. The van der Waals surface area contributed by atoms with Gasteiger partial charge in [-0.25, -0.2) is 13.1 Å². The van der Waals surface area contributed by atoms with Crippen molar-refractivity contribution < 1.29 is 18.3 Å². The molecule has 0 bridgehead atoms. The minimum absolute atomic E-state index is 0.0227. The molecule has 0 aliphatic carbocycles. The van der Waals surface area contributed by atoms with E-state index in [0.29, 0.717) is 19.4 Å². The first-order chi connectivity index (χ1) is 13.9. The number of nitrogens with zero attached hydrogens (tertiary/aromatic N) is 3. The number of sulfonamides is 1. The molecule has 10 heteroatoms. The minimum Gasteiger partial charge on any atom is -0.394 e. The van der Waals surface area contributed by atoms with Crippen molar-refractivity contribution >= 4 is 21.6 Å². The maximum Gasteiger partial charge on any atom is 0.242 e. The standard InChI is InChI=1S/C19H27ClN4O4S/c1-2-5-14-12-24(23-21-14)11-10-15-8-9-17(18(13-25)28-15)22-29(26,27)19-7-4-3-6-16(19)20/h3-4,6-7,12,15,17-18,22,25H,2,5,8-11,13H2,1H3/t15-,17-,18-/m1/s1. The van der Waals surface area contributed by atoms with Gasteiger partial charge in [-0.3, -0.25) is 4.68 Å². The van der Waals surface area contributed by atoms with Crippen LogP contribution < -0.4 is 4.72 Å². The molecule has 2 heterocycles. The second kappa shape index (κ2) is 9.99. The monoisotopic (exact) mass is 442 g/mol. The van der Waals surface area contributed by atoms with Gasteiger partial charge in [-0.05, 0) is 37.8 Å². The van der Waals surface area contributed by atoms with E-state index in [-0.39, 0.29) is 22.6 Å². The van der Waals surface area contributed by atoms with Gasteiger partial charge < -0.3 is 9.84 Å². The lowest BCUT2D eigenvalue weighted by atomic mass is 9.98. The molecule has 3 atom stereocenters. The summed E-state index contributed by atoms with van der Waals surface area (Å²) in [7, 11) is -3.80. The van der Waals surface area contributed by atoms with Gasteiger partial charge in [-0.15, -0.1) is 5.10 Å². The molecular weight excluding hydrogens is 416 g/mol. The van der Waals surface area contributed by atoms with Gasteiger partial charge in [0.2, 0.25) is 10.0 Å². The number of benzene rings is 1. The Labute approximate surface area is 176 Å². The van der Waals surface area contributed by atoms with Crippen LogP contribution in [0.5, 0.6) is 0 Å². The summed E-state index contributed by atoms with van der Waals surface area (Å²) in [6.45, 7) is 2.49. The van der Waals surface area contributed by atoms with Crippen molar-refractivity contribution in [1.29, 1.82) is 0 Å². The molecule has 1 fully saturated rings. The van der Waals surface area contributed by atoms with Crippen molar-refractivity contribution in [3.8, 4) is 0 Å². The number of nitrogens with one attached hydrogen (secondary N) is 1. The molecule has 0 unspecified atom stereocenters. The molecule has 1 aliphatic heterocycles. The fourth-order valence-electron chi connectivity index (χ4n) is 3.50. The van der Waals surface area contributed by atoms with Crippen molar-refractivity contribution in [2.45, 2.75) is 68.7 Å². The van der Waals surface area contributed by atoms with Gasteiger partial charge in [0.05, 0.1) is 35.6 Å². The molecule has 160 valence electrons. The van der Waals surface area contributed by atoms with Gasteiger partial charge in [0.1, 0.15) is 4.90 Å². The lowest BCUT2D eigenvalue weighted by Crippen LogP contribution is -2.51. The van der Waals surface area contributed by atoms with Gasteiger partial charge in [0.25, 0.3) is 0 Å². The molecule has 1 saturated heterocycles. The number of hydrogen-bond acceptors (Lipinski definition) is 6. The number of aliphatic hydroxyl groups excluding tert-OH is 1. The molecule has 0 amide bonds. The maximum atomic E-state index is 12.7. The smallest absolute Gasteiger partial charge is 0.242 e. The van der Waals surface area contributed by atoms with E-state index in [0.717, 1.165) is 25.0 Å². The normalized spacial score (nSPS) is 22.7. The van der Waals surface area contributed by atoms with Crippen LogP contribution in [-0.4, -0.2) is 53.4 Å². The summed E-state index contributed by atoms with van der Waals surface area (Å²) in [6.07, 6.45) is 5.14. The zero-order valence-corrected chi connectivity index (χ0v) is 17.9. The summed E-state index contributed by atoms with van der Waals surface area (Å²) in [5.41, 5.74) is 0.972. The molecule has 2 N–H and O–H groups in total. The summed E-state index contributed by atoms with van der Waals surface area (Å²) in [5, 5.41) is 18.1. The molecule has 0 spiro atoms. The number of halogens is 1. The average Bonchev–Trinajstić information content (AvgIpc) is 3.15. The Kier molecular flexibility index (Phi) is 7.64. The summed E-state index contributed by atoms with van der Waals surface area (Å²) >= 11 is 6.03. The molecule has 0 radical (unpaired) electrons. The van der Waals surface area contributed by atoms with Crippen LogP contribution in [0.15, 0.2) is 35.4 Å².